The van der Waals surface area contributed by atoms with E-state index < -0.39 is 5.60 Å². The SMILES string of the molecule is CC1CCC(O)(CNCc2ccncc2)CC1. The molecule has 1 aliphatic rings. The van der Waals surface area contributed by atoms with Gasteiger partial charge in [-0.15, -0.1) is 0 Å². The molecule has 2 rings (SSSR count). The number of hydrogen-bond donors (Lipinski definition) is 2. The Bertz CT molecular complexity index is 331. The van der Waals surface area contributed by atoms with Crippen LogP contribution in [-0.2, 0) is 6.54 Å². The Morgan fingerprint density at radius 1 is 1.35 bits per heavy atom. The first-order valence-electron chi connectivity index (χ1n) is 6.50. The maximum absolute atomic E-state index is 10.4. The first-order chi connectivity index (χ1) is 8.18. The molecule has 3 heteroatoms. The second kappa shape index (κ2) is 5.61. The van der Waals surface area contributed by atoms with Gasteiger partial charge in [0.2, 0.25) is 0 Å². The van der Waals surface area contributed by atoms with Crippen LogP contribution in [0.2, 0.25) is 0 Å². The lowest BCUT2D eigenvalue weighted by atomic mass is 9.79. The Balaban J connectivity index is 1.75. The lowest BCUT2D eigenvalue weighted by Gasteiger charge is -2.35. The average molecular weight is 234 g/mol. The van der Waals surface area contributed by atoms with Gasteiger partial charge in [0.05, 0.1) is 5.60 Å². The van der Waals surface area contributed by atoms with Crippen molar-refractivity contribution >= 4 is 0 Å². The van der Waals surface area contributed by atoms with E-state index in [0.717, 1.165) is 38.1 Å². The molecule has 0 aliphatic heterocycles. The summed E-state index contributed by atoms with van der Waals surface area (Å²) in [5.41, 5.74) is 0.729. The third kappa shape index (κ3) is 3.79. The summed E-state index contributed by atoms with van der Waals surface area (Å²) in [6.07, 6.45) is 7.75. The zero-order valence-corrected chi connectivity index (χ0v) is 10.5. The molecule has 3 nitrogen and oxygen atoms in total. The molecule has 1 aromatic heterocycles. The van der Waals surface area contributed by atoms with Crippen molar-refractivity contribution in [1.82, 2.24) is 10.3 Å². The van der Waals surface area contributed by atoms with Gasteiger partial charge < -0.3 is 10.4 Å². The van der Waals surface area contributed by atoms with Crippen molar-refractivity contribution in [3.8, 4) is 0 Å². The molecule has 1 saturated carbocycles. The maximum Gasteiger partial charge on any atom is 0.0771 e. The Kier molecular flexibility index (Phi) is 4.13. The summed E-state index contributed by atoms with van der Waals surface area (Å²) in [6.45, 7) is 3.77. The molecule has 0 saturated heterocycles. The minimum atomic E-state index is -0.487. The number of hydrogen-bond acceptors (Lipinski definition) is 3. The van der Waals surface area contributed by atoms with E-state index in [1.807, 2.05) is 12.1 Å². The van der Waals surface area contributed by atoms with Crippen molar-refractivity contribution in [3.63, 3.8) is 0 Å². The molecular formula is C14H22N2O. The molecule has 17 heavy (non-hydrogen) atoms. The van der Waals surface area contributed by atoms with Gasteiger partial charge in [-0.2, -0.15) is 0 Å². The standard InChI is InChI=1S/C14H22N2O/c1-12-2-6-14(17,7-3-12)11-16-10-13-4-8-15-9-5-13/h4-5,8-9,12,16-17H,2-3,6-7,10-11H2,1H3. The van der Waals surface area contributed by atoms with E-state index >= 15 is 0 Å². The molecule has 1 fully saturated rings. The smallest absolute Gasteiger partial charge is 0.0771 e. The van der Waals surface area contributed by atoms with E-state index in [4.69, 9.17) is 0 Å². The number of nitrogens with one attached hydrogen (secondary N) is 1. The summed E-state index contributed by atoms with van der Waals surface area (Å²) < 4.78 is 0. The molecule has 94 valence electrons. The molecule has 0 spiro atoms. The number of pyridine rings is 1. The lowest BCUT2D eigenvalue weighted by Crippen LogP contribution is -2.43. The molecule has 0 unspecified atom stereocenters. The number of rotatable bonds is 4. The highest BCUT2D eigenvalue weighted by Gasteiger charge is 2.31. The van der Waals surface area contributed by atoms with E-state index in [1.54, 1.807) is 12.4 Å². The van der Waals surface area contributed by atoms with Crippen molar-refractivity contribution in [2.75, 3.05) is 6.54 Å². The first-order valence-corrected chi connectivity index (χ1v) is 6.50. The van der Waals surface area contributed by atoms with Gasteiger partial charge in [-0.3, -0.25) is 4.98 Å². The van der Waals surface area contributed by atoms with Crippen LogP contribution in [0.5, 0.6) is 0 Å². The van der Waals surface area contributed by atoms with Gasteiger partial charge in [0.25, 0.3) is 0 Å². The fourth-order valence-corrected chi connectivity index (χ4v) is 2.42. The minimum absolute atomic E-state index is 0.487. The largest absolute Gasteiger partial charge is 0.389 e. The van der Waals surface area contributed by atoms with Gasteiger partial charge in [-0.1, -0.05) is 6.92 Å². The third-order valence-electron chi connectivity index (χ3n) is 3.74. The second-order valence-electron chi connectivity index (χ2n) is 5.37. The highest BCUT2D eigenvalue weighted by atomic mass is 16.3. The van der Waals surface area contributed by atoms with E-state index in [1.165, 1.54) is 5.56 Å². The topological polar surface area (TPSA) is 45.1 Å². The van der Waals surface area contributed by atoms with Crippen LogP contribution in [0.4, 0.5) is 0 Å². The fourth-order valence-electron chi connectivity index (χ4n) is 2.42. The summed E-state index contributed by atoms with van der Waals surface area (Å²) in [6, 6.07) is 4.00. The maximum atomic E-state index is 10.4. The molecule has 0 atom stereocenters. The van der Waals surface area contributed by atoms with E-state index in [2.05, 4.69) is 17.2 Å². The van der Waals surface area contributed by atoms with Crippen LogP contribution in [0.15, 0.2) is 24.5 Å². The van der Waals surface area contributed by atoms with Gasteiger partial charge in [-0.25, -0.2) is 0 Å². The molecule has 0 aromatic carbocycles. The minimum Gasteiger partial charge on any atom is -0.389 e. The summed E-state index contributed by atoms with van der Waals surface area (Å²) in [5, 5.41) is 13.7. The Morgan fingerprint density at radius 3 is 2.65 bits per heavy atom. The van der Waals surface area contributed by atoms with Crippen LogP contribution < -0.4 is 5.32 Å². The average Bonchev–Trinajstić information content (AvgIpc) is 2.35. The van der Waals surface area contributed by atoms with Crippen LogP contribution in [0.3, 0.4) is 0 Å². The number of nitrogens with zero attached hydrogens (tertiary/aromatic N) is 1. The second-order valence-corrected chi connectivity index (χ2v) is 5.37. The highest BCUT2D eigenvalue weighted by Crippen LogP contribution is 2.31. The van der Waals surface area contributed by atoms with E-state index in [9.17, 15) is 5.11 Å². The molecule has 1 heterocycles. The van der Waals surface area contributed by atoms with E-state index in [-0.39, 0.29) is 0 Å². The summed E-state index contributed by atoms with van der Waals surface area (Å²) in [5.74, 6) is 0.774. The quantitative estimate of drug-likeness (QED) is 0.838. The van der Waals surface area contributed by atoms with Gasteiger partial charge >= 0.3 is 0 Å². The summed E-state index contributed by atoms with van der Waals surface area (Å²) in [4.78, 5) is 3.99. The van der Waals surface area contributed by atoms with Crippen molar-refractivity contribution in [2.45, 2.75) is 44.8 Å². The first kappa shape index (κ1) is 12.5. The zero-order valence-electron chi connectivity index (χ0n) is 10.5. The number of aliphatic hydroxyl groups is 1. The Hall–Kier alpha value is -0.930. The molecule has 0 radical (unpaired) electrons. The molecule has 1 aliphatic carbocycles. The molecule has 0 amide bonds. The zero-order chi connectivity index (χ0) is 12.1. The van der Waals surface area contributed by atoms with Crippen molar-refractivity contribution in [3.05, 3.63) is 30.1 Å². The van der Waals surface area contributed by atoms with Crippen LogP contribution in [-0.4, -0.2) is 22.2 Å². The van der Waals surface area contributed by atoms with Crippen LogP contribution >= 0.6 is 0 Å². The summed E-state index contributed by atoms with van der Waals surface area (Å²) in [7, 11) is 0. The van der Waals surface area contributed by atoms with Crippen LogP contribution in [0.25, 0.3) is 0 Å². The van der Waals surface area contributed by atoms with Gasteiger partial charge in [0.1, 0.15) is 0 Å². The van der Waals surface area contributed by atoms with Crippen LogP contribution in [0, 0.1) is 5.92 Å². The molecular weight excluding hydrogens is 212 g/mol. The number of aromatic nitrogens is 1. The molecule has 2 N–H and O–H groups in total. The van der Waals surface area contributed by atoms with Crippen molar-refractivity contribution in [1.29, 1.82) is 0 Å². The molecule has 1 aromatic rings. The van der Waals surface area contributed by atoms with Gasteiger partial charge in [0, 0.05) is 25.5 Å². The normalized spacial score (nSPS) is 29.2. The fraction of sp³-hybridized carbons (Fsp3) is 0.643. The summed E-state index contributed by atoms with van der Waals surface area (Å²) >= 11 is 0. The van der Waals surface area contributed by atoms with Gasteiger partial charge in [0.15, 0.2) is 0 Å². The lowest BCUT2D eigenvalue weighted by molar-refractivity contribution is -0.00630. The Morgan fingerprint density at radius 2 is 2.00 bits per heavy atom. The van der Waals surface area contributed by atoms with Crippen molar-refractivity contribution in [2.24, 2.45) is 5.92 Å². The van der Waals surface area contributed by atoms with Crippen LogP contribution in [0.1, 0.15) is 38.2 Å². The predicted octanol–water partition coefficient (Wildman–Crippen LogP) is 2.11. The van der Waals surface area contributed by atoms with E-state index in [0.29, 0.717) is 6.54 Å². The molecule has 0 bridgehead atoms. The predicted molar refractivity (Wildman–Crippen MR) is 68.5 cm³/mol. The Labute approximate surface area is 103 Å². The third-order valence-corrected chi connectivity index (χ3v) is 3.74. The highest BCUT2D eigenvalue weighted by molar-refractivity contribution is 5.09. The van der Waals surface area contributed by atoms with Crippen molar-refractivity contribution < 1.29 is 5.11 Å². The van der Waals surface area contributed by atoms with Gasteiger partial charge in [-0.05, 0) is 49.3 Å². The monoisotopic (exact) mass is 234 g/mol.